The van der Waals surface area contributed by atoms with Gasteiger partial charge in [-0.25, -0.2) is 4.79 Å². The van der Waals surface area contributed by atoms with Crippen molar-refractivity contribution in [2.45, 2.75) is 45.6 Å². The molecule has 3 atom stereocenters. The quantitative estimate of drug-likeness (QED) is 0.611. The predicted octanol–water partition coefficient (Wildman–Crippen LogP) is 4.51. The zero-order valence-corrected chi connectivity index (χ0v) is 20.6. The van der Waals surface area contributed by atoms with Crippen LogP contribution >= 0.6 is 0 Å². The van der Waals surface area contributed by atoms with Crippen molar-refractivity contribution in [2.24, 2.45) is 17.8 Å². The third-order valence-electron chi connectivity index (χ3n) is 7.18. The minimum atomic E-state index is -0.819. The number of piperidine rings is 1. The van der Waals surface area contributed by atoms with Crippen LogP contribution in [0.25, 0.3) is 11.1 Å². The number of likely N-dealkylation sites (tertiary alicyclic amines) is 1. The second kappa shape index (κ2) is 10.5. The molecule has 2 unspecified atom stereocenters. The average molecular weight is 479 g/mol. The van der Waals surface area contributed by atoms with Crippen LogP contribution in [0.5, 0.6) is 0 Å². The number of benzene rings is 2. The van der Waals surface area contributed by atoms with Crippen molar-refractivity contribution in [3.8, 4) is 11.1 Å². The highest BCUT2D eigenvalue weighted by molar-refractivity contribution is 5.86. The molecule has 1 heterocycles. The lowest BCUT2D eigenvalue weighted by Crippen LogP contribution is -2.53. The summed E-state index contributed by atoms with van der Waals surface area (Å²) in [6.45, 7) is 6.79. The average Bonchev–Trinajstić information content (AvgIpc) is 3.15. The molecule has 2 amide bonds. The maximum absolute atomic E-state index is 13.3. The third-order valence-corrected chi connectivity index (χ3v) is 7.18. The molecule has 186 valence electrons. The number of aliphatic carboxylic acids is 1. The topological polar surface area (TPSA) is 95.9 Å². The van der Waals surface area contributed by atoms with E-state index in [4.69, 9.17) is 4.74 Å². The summed E-state index contributed by atoms with van der Waals surface area (Å²) in [6.07, 6.45) is 0.289. The number of ether oxygens (including phenoxy) is 1. The summed E-state index contributed by atoms with van der Waals surface area (Å²) < 4.78 is 5.66. The first-order valence-electron chi connectivity index (χ1n) is 12.4. The van der Waals surface area contributed by atoms with Gasteiger partial charge in [0.2, 0.25) is 5.91 Å². The van der Waals surface area contributed by atoms with Crippen molar-refractivity contribution in [1.29, 1.82) is 0 Å². The number of carboxylic acid groups (broad SMARTS) is 1. The van der Waals surface area contributed by atoms with E-state index in [0.717, 1.165) is 22.3 Å². The molecular formula is C28H34N2O5. The first-order valence-corrected chi connectivity index (χ1v) is 12.4. The Kier molecular flexibility index (Phi) is 7.43. The number of carboxylic acids is 1. The first-order chi connectivity index (χ1) is 16.8. The molecule has 35 heavy (non-hydrogen) atoms. The van der Waals surface area contributed by atoms with Crippen molar-refractivity contribution >= 4 is 18.0 Å². The van der Waals surface area contributed by atoms with Crippen LogP contribution in [0.1, 0.15) is 50.7 Å². The second-order valence-electron chi connectivity index (χ2n) is 10.1. The van der Waals surface area contributed by atoms with Gasteiger partial charge in [-0.05, 0) is 46.9 Å². The number of carbonyl (C=O) groups excluding carboxylic acids is 2. The Hall–Kier alpha value is -3.35. The van der Waals surface area contributed by atoms with Crippen molar-refractivity contribution in [1.82, 2.24) is 10.2 Å². The molecule has 4 rings (SSSR count). The highest BCUT2D eigenvalue weighted by atomic mass is 16.5. The Balaban J connectivity index is 1.41. The lowest BCUT2D eigenvalue weighted by molar-refractivity contribution is -0.149. The molecule has 0 spiro atoms. The third kappa shape index (κ3) is 5.34. The van der Waals surface area contributed by atoms with Gasteiger partial charge < -0.3 is 20.1 Å². The fraction of sp³-hybridized carbons (Fsp3) is 0.464. The molecule has 1 fully saturated rings. The van der Waals surface area contributed by atoms with E-state index in [1.54, 1.807) is 4.90 Å². The van der Waals surface area contributed by atoms with Crippen LogP contribution in [0.3, 0.4) is 0 Å². The predicted molar refractivity (Wildman–Crippen MR) is 133 cm³/mol. The molecule has 1 saturated heterocycles. The number of hydrogen-bond acceptors (Lipinski definition) is 4. The number of nitrogens with one attached hydrogen (secondary N) is 1. The van der Waals surface area contributed by atoms with E-state index >= 15 is 0 Å². The molecule has 0 radical (unpaired) electrons. The molecular weight excluding hydrogens is 444 g/mol. The van der Waals surface area contributed by atoms with E-state index in [2.05, 4.69) is 29.6 Å². The molecule has 2 N–H and O–H groups in total. The number of fused-ring (bicyclic) bond motifs is 3. The van der Waals surface area contributed by atoms with Crippen LogP contribution in [0.2, 0.25) is 0 Å². The summed E-state index contributed by atoms with van der Waals surface area (Å²) in [4.78, 5) is 39.2. The van der Waals surface area contributed by atoms with Crippen molar-refractivity contribution in [3.05, 3.63) is 59.7 Å². The summed E-state index contributed by atoms with van der Waals surface area (Å²) in [5, 5.41) is 12.2. The van der Waals surface area contributed by atoms with Crippen LogP contribution in [0.4, 0.5) is 4.79 Å². The van der Waals surface area contributed by atoms with Crippen molar-refractivity contribution in [2.75, 3.05) is 19.7 Å². The van der Waals surface area contributed by atoms with Gasteiger partial charge in [-0.2, -0.15) is 0 Å². The van der Waals surface area contributed by atoms with Crippen molar-refractivity contribution in [3.63, 3.8) is 0 Å². The van der Waals surface area contributed by atoms with Crippen molar-refractivity contribution < 1.29 is 24.2 Å². The van der Waals surface area contributed by atoms with Gasteiger partial charge in [0.25, 0.3) is 0 Å². The Labute approximate surface area is 206 Å². The molecule has 7 nitrogen and oxygen atoms in total. The Bertz CT molecular complexity index is 1050. The van der Waals surface area contributed by atoms with Crippen LogP contribution in [0.15, 0.2) is 48.5 Å². The number of nitrogens with zero attached hydrogens (tertiary/aromatic N) is 1. The van der Waals surface area contributed by atoms with Gasteiger partial charge in [0.1, 0.15) is 12.6 Å². The lowest BCUT2D eigenvalue weighted by Gasteiger charge is -2.37. The van der Waals surface area contributed by atoms with E-state index in [9.17, 15) is 19.5 Å². The summed E-state index contributed by atoms with van der Waals surface area (Å²) in [5.41, 5.74) is 4.57. The molecule has 0 aromatic heterocycles. The normalized spacial score (nSPS) is 20.2. The molecule has 2 aliphatic rings. The van der Waals surface area contributed by atoms with Gasteiger partial charge in [0.05, 0.1) is 5.92 Å². The number of alkyl carbamates (subject to hydrolysis) is 1. The molecule has 0 bridgehead atoms. The highest BCUT2D eigenvalue weighted by Gasteiger charge is 2.36. The molecule has 7 heteroatoms. The maximum atomic E-state index is 13.3. The first kappa shape index (κ1) is 24.8. The molecule has 0 saturated carbocycles. The van der Waals surface area contributed by atoms with Gasteiger partial charge in [0.15, 0.2) is 0 Å². The highest BCUT2D eigenvalue weighted by Crippen LogP contribution is 2.44. The monoisotopic (exact) mass is 478 g/mol. The van der Waals surface area contributed by atoms with E-state index < -0.39 is 24.0 Å². The van der Waals surface area contributed by atoms with Gasteiger partial charge in [-0.15, -0.1) is 0 Å². The minimum Gasteiger partial charge on any atom is -0.481 e. The fourth-order valence-corrected chi connectivity index (χ4v) is 5.41. The molecule has 1 aliphatic carbocycles. The second-order valence-corrected chi connectivity index (χ2v) is 10.1. The summed E-state index contributed by atoms with van der Waals surface area (Å²) in [6, 6.07) is 15.6. The summed E-state index contributed by atoms with van der Waals surface area (Å²) >= 11 is 0. The minimum absolute atomic E-state index is 0.0525. The van der Waals surface area contributed by atoms with Crippen LogP contribution in [-0.2, 0) is 14.3 Å². The number of amides is 2. The number of rotatable bonds is 7. The van der Waals surface area contributed by atoms with E-state index in [0.29, 0.717) is 25.9 Å². The zero-order chi connectivity index (χ0) is 25.1. The standard InChI is InChI=1S/C28H34N2O5/c1-17(2)14-25(26(31)30-13-12-19(27(32)33)18(3)15-30)29-28(34)35-16-24-22-10-6-4-8-20(22)21-9-5-7-11-23(21)24/h4-11,17-19,24-25H,12-16H2,1-3H3,(H,29,34)(H,32,33)/t18?,19?,25-/m0/s1. The van der Waals surface area contributed by atoms with E-state index in [-0.39, 0.29) is 30.3 Å². The zero-order valence-electron chi connectivity index (χ0n) is 20.6. The van der Waals surface area contributed by atoms with Crippen LogP contribution in [-0.4, -0.2) is 53.7 Å². The SMILES string of the molecule is CC(C)C[C@H](NC(=O)OCC1c2ccccc2-c2ccccc21)C(=O)N1CCC(C(=O)O)C(C)C1. The molecule has 2 aromatic carbocycles. The van der Waals surface area contributed by atoms with E-state index in [1.165, 1.54) is 0 Å². The van der Waals surface area contributed by atoms with Gasteiger partial charge in [-0.1, -0.05) is 69.3 Å². The largest absolute Gasteiger partial charge is 0.481 e. The summed E-state index contributed by atoms with van der Waals surface area (Å²) in [7, 11) is 0. The number of carbonyl (C=O) groups is 3. The van der Waals surface area contributed by atoms with Gasteiger partial charge in [0, 0.05) is 19.0 Å². The maximum Gasteiger partial charge on any atom is 0.407 e. The summed E-state index contributed by atoms with van der Waals surface area (Å²) in [5.74, 6) is -1.45. The number of hydrogen-bond donors (Lipinski definition) is 2. The smallest absolute Gasteiger partial charge is 0.407 e. The Morgan fingerprint density at radius 3 is 2.20 bits per heavy atom. The van der Waals surface area contributed by atoms with Crippen LogP contribution in [0, 0.1) is 17.8 Å². The Morgan fingerprint density at radius 2 is 1.66 bits per heavy atom. The van der Waals surface area contributed by atoms with E-state index in [1.807, 2.05) is 45.0 Å². The molecule has 1 aliphatic heterocycles. The lowest BCUT2D eigenvalue weighted by atomic mass is 9.86. The fourth-order valence-electron chi connectivity index (χ4n) is 5.41. The molecule has 2 aromatic rings. The van der Waals surface area contributed by atoms with Crippen LogP contribution < -0.4 is 5.32 Å². The van der Waals surface area contributed by atoms with Gasteiger partial charge >= 0.3 is 12.1 Å². The van der Waals surface area contributed by atoms with Gasteiger partial charge in [-0.3, -0.25) is 9.59 Å². The Morgan fingerprint density at radius 1 is 1.06 bits per heavy atom.